The van der Waals surface area contributed by atoms with Crippen LogP contribution in [-0.2, 0) is 4.74 Å². The molecule has 0 amide bonds. The van der Waals surface area contributed by atoms with Crippen LogP contribution >= 0.6 is 0 Å². The van der Waals surface area contributed by atoms with Crippen LogP contribution in [0, 0.1) is 5.92 Å². The summed E-state index contributed by atoms with van der Waals surface area (Å²) in [6.45, 7) is 0.979. The second kappa shape index (κ2) is 5.13. The topological polar surface area (TPSA) is 35.2 Å². The maximum absolute atomic E-state index is 6.20. The first-order valence-corrected chi connectivity index (χ1v) is 6.23. The van der Waals surface area contributed by atoms with Gasteiger partial charge in [0, 0.05) is 12.6 Å². The molecule has 1 aliphatic carbocycles. The normalized spacial score (nSPS) is 39.6. The molecule has 1 heterocycles. The van der Waals surface area contributed by atoms with Crippen molar-refractivity contribution in [2.24, 2.45) is 11.7 Å². The molecule has 0 aromatic rings. The van der Waals surface area contributed by atoms with Crippen LogP contribution in [0.3, 0.4) is 0 Å². The van der Waals surface area contributed by atoms with Gasteiger partial charge in [-0.15, -0.1) is 0 Å². The van der Waals surface area contributed by atoms with E-state index in [1.807, 2.05) is 0 Å². The van der Waals surface area contributed by atoms with Crippen LogP contribution in [0.4, 0.5) is 0 Å². The third kappa shape index (κ3) is 2.71. The van der Waals surface area contributed by atoms with Crippen LogP contribution in [-0.4, -0.2) is 18.8 Å². The smallest absolute Gasteiger partial charge is 0.0579 e. The van der Waals surface area contributed by atoms with Crippen molar-refractivity contribution in [2.45, 2.75) is 63.5 Å². The molecule has 1 aliphatic heterocycles. The van der Waals surface area contributed by atoms with Crippen LogP contribution < -0.4 is 5.73 Å². The Labute approximate surface area is 87.2 Å². The van der Waals surface area contributed by atoms with E-state index in [0.717, 1.165) is 12.5 Å². The summed E-state index contributed by atoms with van der Waals surface area (Å²) in [6.07, 6.45) is 10.9. The minimum absolute atomic E-state index is 0.446. The van der Waals surface area contributed by atoms with Crippen LogP contribution in [0.25, 0.3) is 0 Å². The Hall–Kier alpha value is -0.0800. The van der Waals surface area contributed by atoms with Gasteiger partial charge in [0.25, 0.3) is 0 Å². The summed E-state index contributed by atoms with van der Waals surface area (Å²) >= 11 is 0. The van der Waals surface area contributed by atoms with Crippen molar-refractivity contribution in [2.75, 3.05) is 6.61 Å². The van der Waals surface area contributed by atoms with Crippen molar-refractivity contribution in [3.05, 3.63) is 0 Å². The van der Waals surface area contributed by atoms with Gasteiger partial charge in [0.1, 0.15) is 0 Å². The van der Waals surface area contributed by atoms with E-state index in [9.17, 15) is 0 Å². The Morgan fingerprint density at radius 3 is 2.64 bits per heavy atom. The first-order chi connectivity index (χ1) is 6.86. The third-order valence-corrected chi connectivity index (χ3v) is 3.81. The molecule has 82 valence electrons. The zero-order chi connectivity index (χ0) is 9.80. The lowest BCUT2D eigenvalue weighted by molar-refractivity contribution is 0.0841. The lowest BCUT2D eigenvalue weighted by atomic mass is 9.89. The van der Waals surface area contributed by atoms with Crippen molar-refractivity contribution in [1.29, 1.82) is 0 Å². The predicted molar refractivity (Wildman–Crippen MR) is 58.1 cm³/mol. The summed E-state index contributed by atoms with van der Waals surface area (Å²) in [6, 6.07) is 0.446. The fraction of sp³-hybridized carbons (Fsp3) is 1.00. The van der Waals surface area contributed by atoms with Crippen molar-refractivity contribution in [3.8, 4) is 0 Å². The van der Waals surface area contributed by atoms with Gasteiger partial charge in [0.2, 0.25) is 0 Å². The molecule has 1 saturated carbocycles. The molecule has 0 aromatic carbocycles. The molecule has 2 rings (SSSR count). The van der Waals surface area contributed by atoms with E-state index in [1.165, 1.54) is 51.4 Å². The highest BCUT2D eigenvalue weighted by Gasteiger charge is 2.25. The summed E-state index contributed by atoms with van der Waals surface area (Å²) in [5.74, 6) is 0.737. The monoisotopic (exact) mass is 197 g/mol. The van der Waals surface area contributed by atoms with Gasteiger partial charge in [-0.05, 0) is 38.0 Å². The Balaban J connectivity index is 1.81. The lowest BCUT2D eigenvalue weighted by Crippen LogP contribution is -2.31. The van der Waals surface area contributed by atoms with Crippen molar-refractivity contribution < 1.29 is 4.74 Å². The SMILES string of the molecule is NC1CCCCCC1CC1CCCO1. The number of nitrogens with two attached hydrogens (primary N) is 1. The molecule has 0 radical (unpaired) electrons. The quantitative estimate of drug-likeness (QED) is 0.690. The summed E-state index contributed by atoms with van der Waals surface area (Å²) < 4.78 is 5.69. The van der Waals surface area contributed by atoms with Crippen molar-refractivity contribution in [3.63, 3.8) is 0 Å². The first-order valence-electron chi connectivity index (χ1n) is 6.23. The predicted octanol–water partition coefficient (Wildman–Crippen LogP) is 2.46. The summed E-state index contributed by atoms with van der Waals surface area (Å²) in [7, 11) is 0. The van der Waals surface area contributed by atoms with Gasteiger partial charge in [0.05, 0.1) is 6.10 Å². The van der Waals surface area contributed by atoms with Crippen LogP contribution in [0.5, 0.6) is 0 Å². The van der Waals surface area contributed by atoms with Gasteiger partial charge >= 0.3 is 0 Å². The summed E-state index contributed by atoms with van der Waals surface area (Å²) in [4.78, 5) is 0. The third-order valence-electron chi connectivity index (χ3n) is 3.81. The van der Waals surface area contributed by atoms with E-state index in [4.69, 9.17) is 10.5 Å². The average molecular weight is 197 g/mol. The summed E-state index contributed by atoms with van der Waals surface area (Å²) in [5.41, 5.74) is 6.20. The van der Waals surface area contributed by atoms with E-state index >= 15 is 0 Å². The van der Waals surface area contributed by atoms with Gasteiger partial charge in [-0.3, -0.25) is 0 Å². The highest BCUT2D eigenvalue weighted by molar-refractivity contribution is 4.80. The fourth-order valence-electron chi connectivity index (χ4n) is 2.87. The van der Waals surface area contributed by atoms with Crippen molar-refractivity contribution in [1.82, 2.24) is 0 Å². The van der Waals surface area contributed by atoms with Gasteiger partial charge < -0.3 is 10.5 Å². The van der Waals surface area contributed by atoms with E-state index in [-0.39, 0.29) is 0 Å². The molecular weight excluding hydrogens is 174 g/mol. The first kappa shape index (κ1) is 10.4. The standard InChI is InChI=1S/C12H23NO/c13-12-7-3-1-2-5-10(12)9-11-6-4-8-14-11/h10-12H,1-9,13H2. The molecule has 3 unspecified atom stereocenters. The average Bonchev–Trinajstić information content (AvgIpc) is 2.60. The second-order valence-corrected chi connectivity index (χ2v) is 4.93. The molecule has 2 aliphatic rings. The fourth-order valence-corrected chi connectivity index (χ4v) is 2.87. The van der Waals surface area contributed by atoms with E-state index in [2.05, 4.69) is 0 Å². The molecule has 1 saturated heterocycles. The Morgan fingerprint density at radius 1 is 1.00 bits per heavy atom. The molecule has 14 heavy (non-hydrogen) atoms. The Morgan fingerprint density at radius 2 is 1.86 bits per heavy atom. The van der Waals surface area contributed by atoms with E-state index < -0.39 is 0 Å². The van der Waals surface area contributed by atoms with Crippen LogP contribution in [0.15, 0.2) is 0 Å². The highest BCUT2D eigenvalue weighted by atomic mass is 16.5. The highest BCUT2D eigenvalue weighted by Crippen LogP contribution is 2.29. The Kier molecular flexibility index (Phi) is 3.82. The van der Waals surface area contributed by atoms with Gasteiger partial charge in [-0.25, -0.2) is 0 Å². The number of hydrogen-bond acceptors (Lipinski definition) is 2. The second-order valence-electron chi connectivity index (χ2n) is 4.93. The van der Waals surface area contributed by atoms with Gasteiger partial charge in [-0.2, -0.15) is 0 Å². The molecule has 0 bridgehead atoms. The number of ether oxygens (including phenoxy) is 1. The molecular formula is C12H23NO. The largest absolute Gasteiger partial charge is 0.378 e. The molecule has 2 nitrogen and oxygen atoms in total. The molecule has 2 N–H and O–H groups in total. The molecule has 3 atom stereocenters. The number of hydrogen-bond donors (Lipinski definition) is 1. The lowest BCUT2D eigenvalue weighted by Gasteiger charge is -2.23. The maximum atomic E-state index is 6.20. The van der Waals surface area contributed by atoms with Gasteiger partial charge in [0.15, 0.2) is 0 Å². The maximum Gasteiger partial charge on any atom is 0.0579 e. The van der Waals surface area contributed by atoms with Crippen molar-refractivity contribution >= 4 is 0 Å². The van der Waals surface area contributed by atoms with Gasteiger partial charge in [-0.1, -0.05) is 19.3 Å². The molecule has 0 spiro atoms. The molecule has 2 heteroatoms. The summed E-state index contributed by atoms with van der Waals surface area (Å²) in [5, 5.41) is 0. The minimum atomic E-state index is 0.446. The zero-order valence-electron chi connectivity index (χ0n) is 9.08. The molecule has 2 fully saturated rings. The number of rotatable bonds is 2. The van der Waals surface area contributed by atoms with E-state index in [0.29, 0.717) is 12.1 Å². The molecule has 0 aromatic heterocycles. The van der Waals surface area contributed by atoms with Crippen LogP contribution in [0.1, 0.15) is 51.4 Å². The minimum Gasteiger partial charge on any atom is -0.378 e. The van der Waals surface area contributed by atoms with E-state index in [1.54, 1.807) is 0 Å². The Bertz CT molecular complexity index is 166. The van der Waals surface area contributed by atoms with Crippen LogP contribution in [0.2, 0.25) is 0 Å². The zero-order valence-corrected chi connectivity index (χ0v) is 9.08.